The third-order valence-electron chi connectivity index (χ3n) is 7.22. The Morgan fingerprint density at radius 3 is 2.00 bits per heavy atom. The molecule has 0 saturated carbocycles. The quantitative estimate of drug-likeness (QED) is 0.471. The van der Waals surface area contributed by atoms with Crippen LogP contribution < -0.4 is 0 Å². The van der Waals surface area contributed by atoms with Gasteiger partial charge in [-0.2, -0.15) is 0 Å². The summed E-state index contributed by atoms with van der Waals surface area (Å²) in [5.41, 5.74) is 5.43. The Morgan fingerprint density at radius 1 is 0.759 bits per heavy atom. The van der Waals surface area contributed by atoms with Crippen molar-refractivity contribution in [3.63, 3.8) is 0 Å². The predicted molar refractivity (Wildman–Crippen MR) is 124 cm³/mol. The van der Waals surface area contributed by atoms with E-state index < -0.39 is 0 Å². The number of phenols is 1. The minimum absolute atomic E-state index is 0.0680. The van der Waals surface area contributed by atoms with Crippen LogP contribution in [0.5, 0.6) is 5.75 Å². The first-order valence-electron chi connectivity index (χ1n) is 10.8. The van der Waals surface area contributed by atoms with Crippen molar-refractivity contribution in [3.8, 4) is 16.9 Å². The van der Waals surface area contributed by atoms with Crippen LogP contribution >= 0.6 is 0 Å². The van der Waals surface area contributed by atoms with Crippen molar-refractivity contribution in [2.75, 3.05) is 7.05 Å². The van der Waals surface area contributed by atoms with E-state index in [9.17, 15) is 5.11 Å². The lowest BCUT2D eigenvalue weighted by Crippen LogP contribution is -2.53. The van der Waals surface area contributed by atoms with Crippen LogP contribution in [0.1, 0.15) is 51.7 Å². The largest absolute Gasteiger partial charge is 0.507 e. The van der Waals surface area contributed by atoms with E-state index in [1.165, 1.54) is 22.3 Å². The highest BCUT2D eigenvalue weighted by atomic mass is 16.3. The molecular weight excluding hydrogens is 354 g/mol. The van der Waals surface area contributed by atoms with Crippen molar-refractivity contribution in [2.24, 2.45) is 0 Å². The summed E-state index contributed by atoms with van der Waals surface area (Å²) in [5, 5.41) is 12.9. The molecule has 0 fully saturated rings. The minimum atomic E-state index is 0.0680. The van der Waals surface area contributed by atoms with Gasteiger partial charge in [-0.1, -0.05) is 48.5 Å². The zero-order valence-electron chi connectivity index (χ0n) is 18.4. The molecule has 0 saturated heterocycles. The van der Waals surface area contributed by atoms with Gasteiger partial charge in [-0.15, -0.1) is 0 Å². The molecule has 1 heterocycles. The number of phenolic OH excluding ortho intramolecular Hbond substituents is 1. The second-order valence-electron chi connectivity index (χ2n) is 9.82. The fourth-order valence-electron chi connectivity index (χ4n) is 4.95. The fraction of sp³-hybridized carbons (Fsp3) is 0.407. The maximum atomic E-state index is 10.8. The number of aryl methyl sites for hydroxylation is 2. The van der Waals surface area contributed by atoms with Gasteiger partial charge >= 0.3 is 0 Å². The van der Waals surface area contributed by atoms with Gasteiger partial charge in [0.15, 0.2) is 0 Å². The molecule has 2 heteroatoms. The molecule has 29 heavy (non-hydrogen) atoms. The Balaban J connectivity index is 2.00. The molecule has 0 aliphatic carbocycles. The van der Waals surface area contributed by atoms with E-state index >= 15 is 0 Å². The molecule has 2 nitrogen and oxygen atoms in total. The number of hydrogen-bond donors (Lipinski definition) is 1. The van der Waals surface area contributed by atoms with Crippen LogP contribution in [-0.4, -0.2) is 28.1 Å². The van der Waals surface area contributed by atoms with E-state index in [2.05, 4.69) is 76.0 Å². The molecule has 3 aromatic carbocycles. The maximum Gasteiger partial charge on any atom is 0.123 e. The summed E-state index contributed by atoms with van der Waals surface area (Å²) in [6.07, 6.45) is 4.13. The Hall–Kier alpha value is -2.32. The third kappa shape index (κ3) is 3.55. The lowest BCUT2D eigenvalue weighted by atomic mass is 9.85. The van der Waals surface area contributed by atoms with Gasteiger partial charge in [0.2, 0.25) is 0 Å². The summed E-state index contributed by atoms with van der Waals surface area (Å²) in [7, 11) is 2.27. The lowest BCUT2D eigenvalue weighted by molar-refractivity contribution is 0.0339. The van der Waals surface area contributed by atoms with Gasteiger partial charge < -0.3 is 5.11 Å². The van der Waals surface area contributed by atoms with E-state index in [1.807, 2.05) is 18.2 Å². The highest BCUT2D eigenvalue weighted by Crippen LogP contribution is 2.42. The number of hydrogen-bond acceptors (Lipinski definition) is 2. The average Bonchev–Trinajstić information content (AvgIpc) is 2.71. The van der Waals surface area contributed by atoms with Gasteiger partial charge in [0.1, 0.15) is 5.75 Å². The molecule has 3 aromatic rings. The van der Waals surface area contributed by atoms with Gasteiger partial charge in [0.25, 0.3) is 0 Å². The van der Waals surface area contributed by atoms with Crippen LogP contribution in [0.25, 0.3) is 21.9 Å². The molecule has 152 valence electrons. The average molecular weight is 388 g/mol. The molecule has 1 aliphatic rings. The molecule has 0 atom stereocenters. The number of benzene rings is 3. The van der Waals surface area contributed by atoms with E-state index in [4.69, 9.17) is 0 Å². The van der Waals surface area contributed by atoms with Crippen molar-refractivity contribution in [1.29, 1.82) is 0 Å². The Bertz CT molecular complexity index is 1050. The molecule has 1 aliphatic heterocycles. The summed E-state index contributed by atoms with van der Waals surface area (Å²) in [6, 6.07) is 19.1. The molecule has 0 radical (unpaired) electrons. The number of rotatable bonds is 0. The topological polar surface area (TPSA) is 23.5 Å². The zero-order valence-corrected chi connectivity index (χ0v) is 18.4. The van der Waals surface area contributed by atoms with Gasteiger partial charge in [-0.25, -0.2) is 0 Å². The standard InChI is InChI=1S/C27H33NO/c1-26(2)16-14-19-10-6-7-11-21(19)25-20(15-17-27(3,4)28(26)5)18-24(29)22-12-8-9-13-23(22)25/h6-13,18,29H,14-17H2,1-5H3. The van der Waals surface area contributed by atoms with E-state index in [0.29, 0.717) is 5.75 Å². The molecule has 4 rings (SSSR count). The molecule has 0 unspecified atom stereocenters. The molecule has 0 amide bonds. The number of aromatic hydroxyl groups is 1. The van der Waals surface area contributed by atoms with Crippen LogP contribution in [0, 0.1) is 0 Å². The first kappa shape index (κ1) is 20.0. The Morgan fingerprint density at radius 2 is 1.31 bits per heavy atom. The highest BCUT2D eigenvalue weighted by Gasteiger charge is 2.35. The van der Waals surface area contributed by atoms with Crippen LogP contribution in [-0.2, 0) is 12.8 Å². The first-order chi connectivity index (χ1) is 13.7. The number of nitrogens with zero attached hydrogens (tertiary/aromatic N) is 1. The van der Waals surface area contributed by atoms with Gasteiger partial charge in [-0.05, 0) is 94.1 Å². The van der Waals surface area contributed by atoms with E-state index in [1.54, 1.807) is 0 Å². The van der Waals surface area contributed by atoms with Crippen LogP contribution in [0.4, 0.5) is 0 Å². The molecular formula is C27H33NO. The highest BCUT2D eigenvalue weighted by molar-refractivity contribution is 6.02. The molecule has 0 aromatic heterocycles. The monoisotopic (exact) mass is 387 g/mol. The van der Waals surface area contributed by atoms with Crippen molar-refractivity contribution in [3.05, 3.63) is 65.7 Å². The Labute approximate surface area is 175 Å². The summed E-state index contributed by atoms with van der Waals surface area (Å²) in [4.78, 5) is 2.55. The lowest BCUT2D eigenvalue weighted by Gasteiger charge is -2.47. The maximum absolute atomic E-state index is 10.8. The van der Waals surface area contributed by atoms with Crippen molar-refractivity contribution in [2.45, 2.75) is 64.5 Å². The predicted octanol–water partition coefficient (Wildman–Crippen LogP) is 6.58. The van der Waals surface area contributed by atoms with Gasteiger partial charge in [0.05, 0.1) is 0 Å². The normalized spacial score (nSPS) is 19.2. The van der Waals surface area contributed by atoms with E-state index in [-0.39, 0.29) is 11.1 Å². The van der Waals surface area contributed by atoms with Crippen LogP contribution in [0.2, 0.25) is 0 Å². The minimum Gasteiger partial charge on any atom is -0.507 e. The molecule has 0 spiro atoms. The SMILES string of the molecule is CN1C(C)(C)CCc2ccccc2-c2c(cc(O)c3ccccc23)CCC1(C)C. The molecule has 0 bridgehead atoms. The summed E-state index contributed by atoms with van der Waals surface area (Å²) >= 11 is 0. The van der Waals surface area contributed by atoms with Crippen molar-refractivity contribution < 1.29 is 5.11 Å². The van der Waals surface area contributed by atoms with Crippen LogP contribution in [0.15, 0.2) is 54.6 Å². The smallest absolute Gasteiger partial charge is 0.123 e. The second kappa shape index (κ2) is 7.18. The van der Waals surface area contributed by atoms with Gasteiger partial charge in [0, 0.05) is 16.5 Å². The fourth-order valence-corrected chi connectivity index (χ4v) is 4.95. The van der Waals surface area contributed by atoms with E-state index in [0.717, 1.165) is 36.5 Å². The molecule has 1 N–H and O–H groups in total. The number of fused-ring (bicyclic) bond motifs is 5. The summed E-state index contributed by atoms with van der Waals surface area (Å²) in [6.45, 7) is 9.42. The Kier molecular flexibility index (Phi) is 4.94. The summed E-state index contributed by atoms with van der Waals surface area (Å²) < 4.78 is 0. The van der Waals surface area contributed by atoms with Crippen molar-refractivity contribution in [1.82, 2.24) is 4.90 Å². The van der Waals surface area contributed by atoms with Gasteiger partial charge in [-0.3, -0.25) is 4.90 Å². The van der Waals surface area contributed by atoms with Crippen LogP contribution in [0.3, 0.4) is 0 Å². The second-order valence-corrected chi connectivity index (χ2v) is 9.82. The third-order valence-corrected chi connectivity index (χ3v) is 7.22. The van der Waals surface area contributed by atoms with Crippen molar-refractivity contribution >= 4 is 10.8 Å². The summed E-state index contributed by atoms with van der Waals surface area (Å²) in [5.74, 6) is 0.387. The first-order valence-corrected chi connectivity index (χ1v) is 10.8. The zero-order chi connectivity index (χ0) is 20.8.